The van der Waals surface area contributed by atoms with Crippen molar-refractivity contribution in [3.05, 3.63) is 24.3 Å². The minimum absolute atomic E-state index is 0.187. The Hall–Kier alpha value is -2.90. The zero-order valence-electron chi connectivity index (χ0n) is 16.6. The van der Waals surface area contributed by atoms with Crippen LogP contribution >= 0.6 is 0 Å². The molecule has 1 saturated heterocycles. The first kappa shape index (κ1) is 18.5. The van der Waals surface area contributed by atoms with Crippen LogP contribution in [0.5, 0.6) is 5.75 Å². The number of nitrogens with zero attached hydrogens (tertiary/aromatic N) is 5. The number of urea groups is 1. The van der Waals surface area contributed by atoms with Gasteiger partial charge in [-0.2, -0.15) is 0 Å². The van der Waals surface area contributed by atoms with Gasteiger partial charge in [0.2, 0.25) is 11.9 Å². The minimum atomic E-state index is -0.527. The summed E-state index contributed by atoms with van der Waals surface area (Å²) in [5.41, 5.74) is 1.00. The molecule has 0 radical (unpaired) electrons. The highest BCUT2D eigenvalue weighted by Crippen LogP contribution is 2.27. The van der Waals surface area contributed by atoms with Crippen molar-refractivity contribution in [3.63, 3.8) is 0 Å². The summed E-state index contributed by atoms with van der Waals surface area (Å²) in [5.74, 6) is 1.90. The number of hydrogen-bond acceptors (Lipinski definition) is 5. The normalized spacial score (nSPS) is 22.2. The van der Waals surface area contributed by atoms with Crippen LogP contribution in [-0.4, -0.2) is 77.4 Å². The van der Waals surface area contributed by atoms with Gasteiger partial charge in [0.25, 0.3) is 5.91 Å². The first-order valence-electron chi connectivity index (χ1n) is 9.88. The third-order valence-electron chi connectivity index (χ3n) is 5.44. The molecule has 0 N–H and O–H groups in total. The fourth-order valence-electron chi connectivity index (χ4n) is 4.03. The topological polar surface area (TPSA) is 68.5 Å². The van der Waals surface area contributed by atoms with Crippen LogP contribution in [0.2, 0.25) is 0 Å². The number of aliphatic imine (C=N–C) groups is 1. The van der Waals surface area contributed by atoms with E-state index in [9.17, 15) is 9.59 Å². The van der Waals surface area contributed by atoms with Crippen LogP contribution in [0, 0.1) is 0 Å². The highest BCUT2D eigenvalue weighted by atomic mass is 16.5. The zero-order chi connectivity index (χ0) is 19.8. The Morgan fingerprint density at radius 3 is 2.61 bits per heavy atom. The van der Waals surface area contributed by atoms with E-state index < -0.39 is 6.04 Å². The van der Waals surface area contributed by atoms with E-state index >= 15 is 0 Å². The molecule has 0 aliphatic carbocycles. The van der Waals surface area contributed by atoms with Crippen molar-refractivity contribution >= 4 is 29.4 Å². The highest BCUT2D eigenvalue weighted by Gasteiger charge is 2.53. The molecule has 1 aromatic rings. The maximum absolute atomic E-state index is 13.0. The number of likely N-dealkylation sites (N-methyl/N-ethyl adjacent to an activating group) is 2. The number of amides is 3. The van der Waals surface area contributed by atoms with Crippen LogP contribution in [0.25, 0.3) is 0 Å². The van der Waals surface area contributed by atoms with Crippen LogP contribution in [0.3, 0.4) is 0 Å². The molecule has 3 amide bonds. The van der Waals surface area contributed by atoms with Gasteiger partial charge in [-0.3, -0.25) is 14.6 Å². The average molecular weight is 384 g/mol. The molecule has 3 aliphatic rings. The molecule has 28 heavy (non-hydrogen) atoms. The van der Waals surface area contributed by atoms with Gasteiger partial charge in [0.05, 0.1) is 19.7 Å². The Bertz CT molecular complexity index is 861. The predicted octanol–water partition coefficient (Wildman–Crippen LogP) is 1.75. The van der Waals surface area contributed by atoms with Crippen LogP contribution in [0.15, 0.2) is 29.3 Å². The molecule has 148 valence electrons. The number of rotatable bonds is 4. The largest absolute Gasteiger partial charge is 0.494 e. The van der Waals surface area contributed by atoms with E-state index in [0.717, 1.165) is 43.3 Å². The van der Waals surface area contributed by atoms with Crippen molar-refractivity contribution in [2.24, 2.45) is 4.99 Å². The molecule has 8 nitrogen and oxygen atoms in total. The molecule has 0 aromatic heterocycles. The lowest BCUT2D eigenvalue weighted by atomic mass is 10.1. The molecule has 4 rings (SSSR count). The van der Waals surface area contributed by atoms with Gasteiger partial charge < -0.3 is 4.74 Å². The Morgan fingerprint density at radius 1 is 1.18 bits per heavy atom. The van der Waals surface area contributed by atoms with E-state index in [4.69, 9.17) is 9.73 Å². The summed E-state index contributed by atoms with van der Waals surface area (Å²) >= 11 is 0. The van der Waals surface area contributed by atoms with Crippen molar-refractivity contribution in [1.29, 1.82) is 0 Å². The number of anilines is 1. The quantitative estimate of drug-likeness (QED) is 0.742. The molecule has 1 fully saturated rings. The molecule has 0 spiro atoms. The van der Waals surface area contributed by atoms with E-state index in [0.29, 0.717) is 19.0 Å². The van der Waals surface area contributed by atoms with Crippen molar-refractivity contribution in [3.8, 4) is 5.75 Å². The van der Waals surface area contributed by atoms with E-state index in [1.54, 1.807) is 7.05 Å². The Balaban J connectivity index is 1.74. The predicted molar refractivity (Wildman–Crippen MR) is 106 cm³/mol. The van der Waals surface area contributed by atoms with Crippen molar-refractivity contribution in [1.82, 2.24) is 9.80 Å². The van der Waals surface area contributed by atoms with Crippen molar-refractivity contribution < 1.29 is 18.9 Å². The van der Waals surface area contributed by atoms with E-state index in [-0.39, 0.29) is 11.9 Å². The van der Waals surface area contributed by atoms with Crippen LogP contribution < -0.4 is 9.64 Å². The number of carbonyl (C=O) groups is 2. The molecule has 8 heteroatoms. The average Bonchev–Trinajstić information content (AvgIpc) is 2.95. The summed E-state index contributed by atoms with van der Waals surface area (Å²) in [7, 11) is 1.69. The molecule has 3 heterocycles. The summed E-state index contributed by atoms with van der Waals surface area (Å²) in [6.07, 6.45) is 1.97. The van der Waals surface area contributed by atoms with Crippen molar-refractivity contribution in [2.45, 2.75) is 32.7 Å². The van der Waals surface area contributed by atoms with Crippen LogP contribution in [0.4, 0.5) is 10.5 Å². The number of fused-ring (bicyclic) bond motifs is 2. The molecule has 0 saturated carbocycles. The van der Waals surface area contributed by atoms with Crippen LogP contribution in [0.1, 0.15) is 26.7 Å². The molecule has 1 aromatic carbocycles. The Labute approximate surface area is 164 Å². The Morgan fingerprint density at radius 2 is 1.93 bits per heavy atom. The zero-order valence-corrected chi connectivity index (χ0v) is 16.6. The molecule has 3 aliphatic heterocycles. The Kier molecular flexibility index (Phi) is 4.78. The molecule has 1 atom stereocenters. The molecule has 0 bridgehead atoms. The summed E-state index contributed by atoms with van der Waals surface area (Å²) in [4.78, 5) is 35.3. The summed E-state index contributed by atoms with van der Waals surface area (Å²) < 4.78 is 7.59. The number of carbonyl (C=O) groups excluding carboxylic acids is 2. The van der Waals surface area contributed by atoms with Gasteiger partial charge in [-0.25, -0.2) is 14.3 Å². The van der Waals surface area contributed by atoms with Crippen molar-refractivity contribution in [2.75, 3.05) is 38.2 Å². The first-order valence-corrected chi connectivity index (χ1v) is 9.88. The van der Waals surface area contributed by atoms with Gasteiger partial charge in [-0.15, -0.1) is 0 Å². The summed E-state index contributed by atoms with van der Waals surface area (Å²) in [6.45, 7) is 6.32. The smallest absolute Gasteiger partial charge is 0.397 e. The highest BCUT2D eigenvalue weighted by molar-refractivity contribution is 6.24. The second-order valence-electron chi connectivity index (χ2n) is 7.08. The lowest BCUT2D eigenvalue weighted by molar-refractivity contribution is -0.535. The minimum Gasteiger partial charge on any atom is -0.494 e. The van der Waals surface area contributed by atoms with Gasteiger partial charge in [0.1, 0.15) is 11.4 Å². The summed E-state index contributed by atoms with van der Waals surface area (Å²) in [5, 5.41) is 0. The van der Waals surface area contributed by atoms with Gasteiger partial charge in [0.15, 0.2) is 0 Å². The molecular formula is C20H26N5O3+. The maximum Gasteiger partial charge on any atom is 0.397 e. The molecule has 1 unspecified atom stereocenters. The number of benzene rings is 1. The standard InChI is InChI=1S/C20H26N5O3/c1-4-23-18(26)16-17(22(3)20(23)27)21-19-24(12-6-7-13-25(16)19)14-8-10-15(11-9-14)28-5-2/h8-11,16H,4-7,12-13H2,1-3H3/q+1. The number of hydrogen-bond donors (Lipinski definition) is 0. The third kappa shape index (κ3) is 2.83. The molecular weight excluding hydrogens is 358 g/mol. The number of guanidine groups is 1. The maximum atomic E-state index is 13.0. The van der Waals surface area contributed by atoms with E-state index in [2.05, 4.69) is 4.90 Å². The van der Waals surface area contributed by atoms with Gasteiger partial charge >= 0.3 is 12.0 Å². The lowest BCUT2D eigenvalue weighted by Gasteiger charge is -2.33. The fraction of sp³-hybridized carbons (Fsp3) is 0.500. The second-order valence-corrected chi connectivity index (χ2v) is 7.08. The van der Waals surface area contributed by atoms with Gasteiger partial charge in [-0.05, 0) is 51.0 Å². The SMILES string of the molecule is CCOc1ccc(N2CCCC[N+]3=C2N=C2C3C(=O)N(CC)C(=O)N2C)cc1. The number of imide groups is 1. The first-order chi connectivity index (χ1) is 13.6. The van der Waals surface area contributed by atoms with E-state index in [1.807, 2.05) is 42.7 Å². The van der Waals surface area contributed by atoms with Gasteiger partial charge in [-0.1, -0.05) is 4.99 Å². The second kappa shape index (κ2) is 7.26. The number of amidine groups is 1. The van der Waals surface area contributed by atoms with Crippen LogP contribution in [-0.2, 0) is 4.79 Å². The third-order valence-corrected chi connectivity index (χ3v) is 5.44. The van der Waals surface area contributed by atoms with E-state index in [1.165, 1.54) is 9.80 Å². The number of ether oxygens (including phenoxy) is 1. The lowest BCUT2D eigenvalue weighted by Crippen LogP contribution is -2.62. The monoisotopic (exact) mass is 384 g/mol. The fourth-order valence-corrected chi connectivity index (χ4v) is 4.03. The van der Waals surface area contributed by atoms with Gasteiger partial charge in [0, 0.05) is 13.6 Å². The summed E-state index contributed by atoms with van der Waals surface area (Å²) in [6, 6.07) is 7.08.